The minimum absolute atomic E-state index is 0.564. The largest absolute Gasteiger partial charge is 0.329 e. The number of alkyl halides is 1. The number of aliphatic imine (C=N–C) groups is 1. The Labute approximate surface area is 122 Å². The zero-order valence-corrected chi connectivity index (χ0v) is 12.3. The molecule has 19 heavy (non-hydrogen) atoms. The quantitative estimate of drug-likeness (QED) is 0.666. The highest BCUT2D eigenvalue weighted by Gasteiger charge is 2.06. The van der Waals surface area contributed by atoms with Crippen molar-refractivity contribution in [2.24, 2.45) is 10.7 Å². The molecule has 2 nitrogen and oxygen atoms in total. The van der Waals surface area contributed by atoms with Crippen molar-refractivity contribution in [2.75, 3.05) is 13.1 Å². The van der Waals surface area contributed by atoms with Crippen LogP contribution in [0.3, 0.4) is 0 Å². The van der Waals surface area contributed by atoms with Crippen LogP contribution >= 0.6 is 15.9 Å². The second-order valence-corrected chi connectivity index (χ2v) is 4.78. The molecule has 0 amide bonds. The number of nitrogens with zero attached hydrogens (tertiary/aromatic N) is 1. The summed E-state index contributed by atoms with van der Waals surface area (Å²) < 4.78 is 0. The van der Waals surface area contributed by atoms with Crippen molar-refractivity contribution in [3.8, 4) is 0 Å². The Hall–Kier alpha value is -1.45. The van der Waals surface area contributed by atoms with Gasteiger partial charge >= 0.3 is 0 Å². The topological polar surface area (TPSA) is 38.4 Å². The molecule has 0 heterocycles. The molecule has 2 rings (SSSR count). The molecule has 98 valence electrons. The van der Waals surface area contributed by atoms with Crippen LogP contribution in [0.5, 0.6) is 0 Å². The standard InChI is InChI=1S/C16H17BrN2/c17-12-13-5-4-8-15(11-13)16(19-10-9-18)14-6-2-1-3-7-14/h1-8,11H,9-10,12,18H2. The fraction of sp³-hybridized carbons (Fsp3) is 0.188. The van der Waals surface area contributed by atoms with Crippen molar-refractivity contribution < 1.29 is 0 Å². The third-order valence-electron chi connectivity index (χ3n) is 2.80. The molecule has 0 saturated heterocycles. The molecule has 2 aromatic rings. The van der Waals surface area contributed by atoms with Crippen LogP contribution in [-0.2, 0) is 5.33 Å². The van der Waals surface area contributed by atoms with E-state index in [0.717, 1.165) is 22.2 Å². The van der Waals surface area contributed by atoms with Gasteiger partial charge in [-0.2, -0.15) is 0 Å². The maximum Gasteiger partial charge on any atom is 0.0719 e. The van der Waals surface area contributed by atoms with Crippen molar-refractivity contribution in [3.05, 3.63) is 71.3 Å². The number of hydrogen-bond acceptors (Lipinski definition) is 2. The summed E-state index contributed by atoms with van der Waals surface area (Å²) in [7, 11) is 0. The monoisotopic (exact) mass is 316 g/mol. The second kappa shape index (κ2) is 7.22. The number of halogens is 1. The minimum Gasteiger partial charge on any atom is -0.329 e. The van der Waals surface area contributed by atoms with Crippen LogP contribution in [0.15, 0.2) is 59.6 Å². The van der Waals surface area contributed by atoms with Crippen LogP contribution in [0, 0.1) is 0 Å². The molecule has 3 heteroatoms. The van der Waals surface area contributed by atoms with E-state index in [0.29, 0.717) is 13.1 Å². The van der Waals surface area contributed by atoms with Gasteiger partial charge in [0, 0.05) is 23.0 Å². The van der Waals surface area contributed by atoms with Crippen LogP contribution < -0.4 is 5.73 Å². The van der Waals surface area contributed by atoms with Gasteiger partial charge in [0.25, 0.3) is 0 Å². The van der Waals surface area contributed by atoms with Gasteiger partial charge in [-0.15, -0.1) is 0 Å². The van der Waals surface area contributed by atoms with E-state index < -0.39 is 0 Å². The van der Waals surface area contributed by atoms with E-state index >= 15 is 0 Å². The van der Waals surface area contributed by atoms with Gasteiger partial charge in [-0.05, 0) is 11.6 Å². The molecule has 2 aromatic carbocycles. The third kappa shape index (κ3) is 3.75. The van der Waals surface area contributed by atoms with Crippen LogP contribution in [-0.4, -0.2) is 18.8 Å². The van der Waals surface area contributed by atoms with E-state index in [4.69, 9.17) is 5.73 Å². The summed E-state index contributed by atoms with van der Waals surface area (Å²) in [5, 5.41) is 0.847. The summed E-state index contributed by atoms with van der Waals surface area (Å²) in [6.45, 7) is 1.21. The Balaban J connectivity index is 2.43. The normalized spacial score (nSPS) is 11.6. The van der Waals surface area contributed by atoms with Gasteiger partial charge in [-0.3, -0.25) is 4.99 Å². The first-order chi connectivity index (χ1) is 9.35. The Bertz CT molecular complexity index is 550. The highest BCUT2D eigenvalue weighted by Crippen LogP contribution is 2.14. The average molecular weight is 317 g/mol. The van der Waals surface area contributed by atoms with Gasteiger partial charge in [-0.1, -0.05) is 64.5 Å². The van der Waals surface area contributed by atoms with E-state index in [1.54, 1.807) is 0 Å². The fourth-order valence-electron chi connectivity index (χ4n) is 1.92. The number of rotatable bonds is 5. The highest BCUT2D eigenvalue weighted by molar-refractivity contribution is 9.08. The predicted molar refractivity (Wildman–Crippen MR) is 85.1 cm³/mol. The zero-order valence-electron chi connectivity index (χ0n) is 10.7. The van der Waals surface area contributed by atoms with E-state index in [1.165, 1.54) is 5.56 Å². The highest BCUT2D eigenvalue weighted by atomic mass is 79.9. The van der Waals surface area contributed by atoms with Crippen molar-refractivity contribution in [2.45, 2.75) is 5.33 Å². The molecule has 2 N–H and O–H groups in total. The Morgan fingerprint density at radius 3 is 2.42 bits per heavy atom. The summed E-state index contributed by atoms with van der Waals surface area (Å²) in [6, 6.07) is 18.6. The lowest BCUT2D eigenvalue weighted by Gasteiger charge is -2.08. The summed E-state index contributed by atoms with van der Waals surface area (Å²) in [6.07, 6.45) is 0. The second-order valence-electron chi connectivity index (χ2n) is 4.22. The van der Waals surface area contributed by atoms with Crippen LogP contribution in [0.25, 0.3) is 0 Å². The van der Waals surface area contributed by atoms with Gasteiger partial charge in [0.2, 0.25) is 0 Å². The number of nitrogens with two attached hydrogens (primary N) is 1. The number of benzene rings is 2. The van der Waals surface area contributed by atoms with Crippen molar-refractivity contribution in [1.29, 1.82) is 0 Å². The van der Waals surface area contributed by atoms with E-state index in [-0.39, 0.29) is 0 Å². The predicted octanol–water partition coefficient (Wildman–Crippen LogP) is 3.38. The van der Waals surface area contributed by atoms with E-state index in [9.17, 15) is 0 Å². The van der Waals surface area contributed by atoms with Gasteiger partial charge in [0.1, 0.15) is 0 Å². The maximum absolute atomic E-state index is 5.57. The molecule has 0 atom stereocenters. The summed E-state index contributed by atoms with van der Waals surface area (Å²) in [4.78, 5) is 4.63. The lowest BCUT2D eigenvalue weighted by atomic mass is 10.0. The first-order valence-electron chi connectivity index (χ1n) is 6.30. The van der Waals surface area contributed by atoms with Crippen LogP contribution in [0.2, 0.25) is 0 Å². The van der Waals surface area contributed by atoms with Gasteiger partial charge < -0.3 is 5.73 Å². The molecular formula is C16H17BrN2. The van der Waals surface area contributed by atoms with Crippen molar-refractivity contribution in [1.82, 2.24) is 0 Å². The van der Waals surface area contributed by atoms with E-state index in [2.05, 4.69) is 57.3 Å². The Morgan fingerprint density at radius 1 is 1.00 bits per heavy atom. The maximum atomic E-state index is 5.57. The molecule has 0 unspecified atom stereocenters. The SMILES string of the molecule is NCCN=C(c1ccccc1)c1cccc(CBr)c1. The fourth-order valence-corrected chi connectivity index (χ4v) is 2.27. The molecule has 0 aliphatic heterocycles. The van der Waals surface area contributed by atoms with Gasteiger partial charge in [-0.25, -0.2) is 0 Å². The summed E-state index contributed by atoms with van der Waals surface area (Å²) in [5.74, 6) is 0. The summed E-state index contributed by atoms with van der Waals surface area (Å²) in [5.41, 5.74) is 10.1. The molecule has 0 spiro atoms. The molecular weight excluding hydrogens is 300 g/mol. The minimum atomic E-state index is 0.564. The molecule has 0 saturated carbocycles. The average Bonchev–Trinajstić information content (AvgIpc) is 2.49. The molecule has 0 aliphatic carbocycles. The third-order valence-corrected chi connectivity index (χ3v) is 3.45. The summed E-state index contributed by atoms with van der Waals surface area (Å²) >= 11 is 3.49. The Morgan fingerprint density at radius 2 is 1.74 bits per heavy atom. The molecule has 0 aromatic heterocycles. The zero-order chi connectivity index (χ0) is 13.5. The first-order valence-corrected chi connectivity index (χ1v) is 7.42. The molecule has 0 fully saturated rings. The Kier molecular flexibility index (Phi) is 5.31. The lowest BCUT2D eigenvalue weighted by Crippen LogP contribution is -2.09. The molecule has 0 radical (unpaired) electrons. The molecule has 0 bridgehead atoms. The van der Waals surface area contributed by atoms with E-state index in [1.807, 2.05) is 18.2 Å². The smallest absolute Gasteiger partial charge is 0.0719 e. The van der Waals surface area contributed by atoms with Crippen LogP contribution in [0.1, 0.15) is 16.7 Å². The number of hydrogen-bond donors (Lipinski definition) is 1. The van der Waals surface area contributed by atoms with Crippen molar-refractivity contribution >= 4 is 21.6 Å². The van der Waals surface area contributed by atoms with Crippen molar-refractivity contribution in [3.63, 3.8) is 0 Å². The van der Waals surface area contributed by atoms with Gasteiger partial charge in [0.05, 0.1) is 12.3 Å². The first kappa shape index (κ1) is 14.0. The van der Waals surface area contributed by atoms with Crippen LogP contribution in [0.4, 0.5) is 0 Å². The molecule has 0 aliphatic rings. The lowest BCUT2D eigenvalue weighted by molar-refractivity contribution is 0.976. The van der Waals surface area contributed by atoms with Gasteiger partial charge in [0.15, 0.2) is 0 Å².